The maximum Gasteiger partial charge on any atom is 0.240 e. The molecule has 0 bridgehead atoms. The van der Waals surface area contributed by atoms with Gasteiger partial charge in [0.15, 0.2) is 0 Å². The molecule has 0 saturated heterocycles. The Morgan fingerprint density at radius 2 is 1.94 bits per heavy atom. The van der Waals surface area contributed by atoms with Crippen molar-refractivity contribution in [3.05, 3.63) is 24.3 Å². The van der Waals surface area contributed by atoms with Crippen LogP contribution in [-0.2, 0) is 10.0 Å². The second-order valence-electron chi connectivity index (χ2n) is 3.70. The third-order valence-corrected chi connectivity index (χ3v) is 3.84. The fraction of sp³-hybridized carbons (Fsp3) is 0.333. The molecule has 4 nitrogen and oxygen atoms in total. The maximum atomic E-state index is 11.9. The summed E-state index contributed by atoms with van der Waals surface area (Å²) in [7, 11) is -1.71. The molecule has 1 aromatic carbocycles. The molecule has 1 atom stereocenters. The number of terminal acetylenes is 1. The SMILES string of the molecule is C#CCC(C)NS(=O)(=O)c1ccc(NC)cc1. The fourth-order valence-corrected chi connectivity index (χ4v) is 2.60. The van der Waals surface area contributed by atoms with Gasteiger partial charge in [0.05, 0.1) is 4.90 Å². The molecule has 0 spiro atoms. The van der Waals surface area contributed by atoms with Gasteiger partial charge in [0.25, 0.3) is 0 Å². The van der Waals surface area contributed by atoms with E-state index in [-0.39, 0.29) is 10.9 Å². The van der Waals surface area contributed by atoms with Gasteiger partial charge in [-0.25, -0.2) is 13.1 Å². The molecule has 0 amide bonds. The first kappa shape index (κ1) is 13.6. The van der Waals surface area contributed by atoms with Crippen molar-refractivity contribution in [1.82, 2.24) is 4.72 Å². The molecule has 0 radical (unpaired) electrons. The van der Waals surface area contributed by atoms with Gasteiger partial charge in [0, 0.05) is 25.2 Å². The molecule has 0 saturated carbocycles. The van der Waals surface area contributed by atoms with E-state index in [1.807, 2.05) is 0 Å². The van der Waals surface area contributed by atoms with E-state index >= 15 is 0 Å². The Hall–Kier alpha value is -1.51. The molecule has 1 unspecified atom stereocenters. The summed E-state index contributed by atoms with van der Waals surface area (Å²) in [5.41, 5.74) is 0.862. The maximum absolute atomic E-state index is 11.9. The smallest absolute Gasteiger partial charge is 0.240 e. The predicted molar refractivity (Wildman–Crippen MR) is 69.2 cm³/mol. The largest absolute Gasteiger partial charge is 0.388 e. The number of anilines is 1. The molecule has 0 aliphatic carbocycles. The van der Waals surface area contributed by atoms with Crippen molar-refractivity contribution in [1.29, 1.82) is 0 Å². The highest BCUT2D eigenvalue weighted by molar-refractivity contribution is 7.89. The zero-order valence-corrected chi connectivity index (χ0v) is 10.7. The zero-order chi connectivity index (χ0) is 12.9. The Morgan fingerprint density at radius 3 is 2.41 bits per heavy atom. The molecule has 0 heterocycles. The van der Waals surface area contributed by atoms with Crippen LogP contribution in [0.3, 0.4) is 0 Å². The number of sulfonamides is 1. The van der Waals surface area contributed by atoms with E-state index in [0.717, 1.165) is 5.69 Å². The van der Waals surface area contributed by atoms with Crippen LogP contribution in [0, 0.1) is 12.3 Å². The number of rotatable bonds is 5. The van der Waals surface area contributed by atoms with Crippen molar-refractivity contribution in [2.75, 3.05) is 12.4 Å². The van der Waals surface area contributed by atoms with Gasteiger partial charge in [0.2, 0.25) is 10.0 Å². The van der Waals surface area contributed by atoms with Crippen LogP contribution in [0.2, 0.25) is 0 Å². The minimum atomic E-state index is -3.48. The Kier molecular flexibility index (Phi) is 4.55. The summed E-state index contributed by atoms with van der Waals surface area (Å²) in [5, 5.41) is 2.92. The van der Waals surface area contributed by atoms with Crippen molar-refractivity contribution >= 4 is 15.7 Å². The number of hydrogen-bond donors (Lipinski definition) is 2. The topological polar surface area (TPSA) is 58.2 Å². The first-order valence-electron chi connectivity index (χ1n) is 5.23. The third-order valence-electron chi connectivity index (χ3n) is 2.23. The molecule has 2 N–H and O–H groups in total. The second-order valence-corrected chi connectivity index (χ2v) is 5.42. The molecule has 0 fully saturated rings. The Bertz CT molecular complexity index is 500. The highest BCUT2D eigenvalue weighted by atomic mass is 32.2. The van der Waals surface area contributed by atoms with Crippen LogP contribution in [0.1, 0.15) is 13.3 Å². The van der Waals surface area contributed by atoms with Crippen LogP contribution in [0.25, 0.3) is 0 Å². The average Bonchev–Trinajstić information content (AvgIpc) is 2.28. The number of benzene rings is 1. The normalized spacial score (nSPS) is 12.8. The van der Waals surface area contributed by atoms with Crippen molar-refractivity contribution in [2.24, 2.45) is 0 Å². The van der Waals surface area contributed by atoms with Gasteiger partial charge in [0.1, 0.15) is 0 Å². The van der Waals surface area contributed by atoms with E-state index < -0.39 is 10.0 Å². The van der Waals surface area contributed by atoms with Gasteiger partial charge in [-0.05, 0) is 31.2 Å². The summed E-state index contributed by atoms with van der Waals surface area (Å²) < 4.78 is 26.4. The van der Waals surface area contributed by atoms with E-state index in [9.17, 15) is 8.42 Å². The van der Waals surface area contributed by atoms with Gasteiger partial charge in [-0.2, -0.15) is 0 Å². The lowest BCUT2D eigenvalue weighted by molar-refractivity contribution is 0.563. The molecular formula is C12H16N2O2S. The standard InChI is InChI=1S/C12H16N2O2S/c1-4-5-10(2)14-17(15,16)12-8-6-11(13-3)7-9-12/h1,6-10,13-14H,5H2,2-3H3. The van der Waals surface area contributed by atoms with Gasteiger partial charge >= 0.3 is 0 Å². The molecule has 92 valence electrons. The number of nitrogens with one attached hydrogen (secondary N) is 2. The van der Waals surface area contributed by atoms with E-state index in [0.29, 0.717) is 6.42 Å². The van der Waals surface area contributed by atoms with Crippen molar-refractivity contribution < 1.29 is 8.42 Å². The van der Waals surface area contributed by atoms with Crippen LogP contribution < -0.4 is 10.0 Å². The molecule has 0 aromatic heterocycles. The van der Waals surface area contributed by atoms with Crippen LogP contribution in [0.5, 0.6) is 0 Å². The molecule has 5 heteroatoms. The van der Waals surface area contributed by atoms with Crippen LogP contribution in [0.15, 0.2) is 29.2 Å². The van der Waals surface area contributed by atoms with Crippen molar-refractivity contribution in [2.45, 2.75) is 24.3 Å². The zero-order valence-electron chi connectivity index (χ0n) is 9.90. The first-order chi connectivity index (χ1) is 7.99. The summed E-state index contributed by atoms with van der Waals surface area (Å²) in [4.78, 5) is 0.236. The van der Waals surface area contributed by atoms with Gasteiger partial charge in [-0.1, -0.05) is 0 Å². The van der Waals surface area contributed by atoms with Crippen LogP contribution in [0.4, 0.5) is 5.69 Å². The monoisotopic (exact) mass is 252 g/mol. The lowest BCUT2D eigenvalue weighted by atomic mass is 10.3. The minimum absolute atomic E-state index is 0.236. The predicted octanol–water partition coefficient (Wildman–Crippen LogP) is 1.42. The van der Waals surface area contributed by atoms with Crippen molar-refractivity contribution in [3.8, 4) is 12.3 Å². The van der Waals surface area contributed by atoms with E-state index in [2.05, 4.69) is 16.0 Å². The quantitative estimate of drug-likeness (QED) is 0.779. The summed E-state index contributed by atoms with van der Waals surface area (Å²) in [6.07, 6.45) is 5.50. The second kappa shape index (κ2) is 5.71. The molecular weight excluding hydrogens is 236 g/mol. The highest BCUT2D eigenvalue weighted by Crippen LogP contribution is 2.13. The lowest BCUT2D eigenvalue weighted by Crippen LogP contribution is -2.32. The van der Waals surface area contributed by atoms with Crippen LogP contribution >= 0.6 is 0 Å². The van der Waals surface area contributed by atoms with Gasteiger partial charge < -0.3 is 5.32 Å². The molecule has 0 aliphatic rings. The Balaban J connectivity index is 2.86. The summed E-state index contributed by atoms with van der Waals surface area (Å²) >= 11 is 0. The first-order valence-corrected chi connectivity index (χ1v) is 6.71. The molecule has 1 aromatic rings. The summed E-state index contributed by atoms with van der Waals surface area (Å²) in [5.74, 6) is 2.42. The van der Waals surface area contributed by atoms with Gasteiger partial charge in [-0.15, -0.1) is 12.3 Å². The van der Waals surface area contributed by atoms with E-state index in [1.54, 1.807) is 38.2 Å². The van der Waals surface area contributed by atoms with E-state index in [1.165, 1.54) is 0 Å². The third kappa shape index (κ3) is 3.77. The fourth-order valence-electron chi connectivity index (χ4n) is 1.35. The minimum Gasteiger partial charge on any atom is -0.388 e. The van der Waals surface area contributed by atoms with Gasteiger partial charge in [-0.3, -0.25) is 0 Å². The summed E-state index contributed by atoms with van der Waals surface area (Å²) in [6, 6.07) is 6.25. The molecule has 0 aliphatic heterocycles. The Morgan fingerprint density at radius 1 is 1.35 bits per heavy atom. The Labute approximate surface area is 102 Å². The number of hydrogen-bond acceptors (Lipinski definition) is 3. The van der Waals surface area contributed by atoms with E-state index in [4.69, 9.17) is 6.42 Å². The molecule has 1 rings (SSSR count). The molecule has 17 heavy (non-hydrogen) atoms. The lowest BCUT2D eigenvalue weighted by Gasteiger charge is -2.11. The average molecular weight is 252 g/mol. The summed E-state index contributed by atoms with van der Waals surface area (Å²) in [6.45, 7) is 1.74. The van der Waals surface area contributed by atoms with Crippen LogP contribution in [-0.4, -0.2) is 21.5 Å². The van der Waals surface area contributed by atoms with Crippen molar-refractivity contribution in [3.63, 3.8) is 0 Å². The highest BCUT2D eigenvalue weighted by Gasteiger charge is 2.16.